The summed E-state index contributed by atoms with van der Waals surface area (Å²) in [6, 6.07) is 5.47. The fourth-order valence-electron chi connectivity index (χ4n) is 3.29. The second kappa shape index (κ2) is 11.4. The molecule has 0 amide bonds. The third kappa shape index (κ3) is 7.94. The Morgan fingerprint density at radius 2 is 1.46 bits per heavy atom. The van der Waals surface area contributed by atoms with E-state index in [1.807, 2.05) is 0 Å². The fourth-order valence-corrected chi connectivity index (χ4v) is 3.29. The van der Waals surface area contributed by atoms with E-state index in [1.165, 1.54) is 38.6 Å². The van der Waals surface area contributed by atoms with Gasteiger partial charge in [-0.15, -0.1) is 0 Å². The van der Waals surface area contributed by atoms with Crippen molar-refractivity contribution in [3.63, 3.8) is 0 Å². The number of quaternary nitrogens is 1. The highest BCUT2D eigenvalue weighted by Crippen LogP contribution is 2.29. The van der Waals surface area contributed by atoms with Crippen LogP contribution in [0, 0.1) is 0 Å². The highest BCUT2D eigenvalue weighted by Gasteiger charge is 2.29. The number of hydrogen-bond acceptors (Lipinski definition) is 0. The third-order valence-corrected chi connectivity index (χ3v) is 5.37. The van der Waals surface area contributed by atoms with Crippen LogP contribution in [0.2, 0.25) is 0 Å². The van der Waals surface area contributed by atoms with Crippen molar-refractivity contribution in [2.24, 2.45) is 0 Å². The molecule has 0 aliphatic rings. The number of allylic oxidation sites excluding steroid dienone is 1. The number of halogens is 3. The maximum absolute atomic E-state index is 12.6. The van der Waals surface area contributed by atoms with E-state index >= 15 is 0 Å². The monoisotopic (exact) mass is 370 g/mol. The van der Waals surface area contributed by atoms with Gasteiger partial charge in [0.25, 0.3) is 0 Å². The largest absolute Gasteiger partial charge is 0.416 e. The summed E-state index contributed by atoms with van der Waals surface area (Å²) in [7, 11) is 0. The lowest BCUT2D eigenvalue weighted by molar-refractivity contribution is -0.919. The van der Waals surface area contributed by atoms with Gasteiger partial charge in [-0.1, -0.05) is 44.4 Å². The van der Waals surface area contributed by atoms with Crippen molar-refractivity contribution in [1.82, 2.24) is 0 Å². The van der Waals surface area contributed by atoms with Gasteiger partial charge in [0, 0.05) is 0 Å². The van der Waals surface area contributed by atoms with Gasteiger partial charge in [-0.3, -0.25) is 0 Å². The summed E-state index contributed by atoms with van der Waals surface area (Å²) < 4.78 is 38.9. The van der Waals surface area contributed by atoms with E-state index in [0.29, 0.717) is 6.42 Å². The van der Waals surface area contributed by atoms with Crippen LogP contribution in [-0.2, 0) is 12.6 Å². The van der Waals surface area contributed by atoms with E-state index in [4.69, 9.17) is 0 Å². The molecule has 1 aromatic rings. The van der Waals surface area contributed by atoms with Crippen LogP contribution in [0.5, 0.6) is 0 Å². The summed E-state index contributed by atoms with van der Waals surface area (Å²) in [6.45, 7) is 11.2. The third-order valence-electron chi connectivity index (χ3n) is 5.37. The molecule has 0 unspecified atom stereocenters. The Labute approximate surface area is 157 Å². The molecule has 0 radical (unpaired) electrons. The fraction of sp³-hybridized carbons (Fsp3) is 0.636. The molecule has 1 rings (SSSR count). The number of unbranched alkanes of at least 4 members (excludes halogenated alkanes) is 4. The summed E-state index contributed by atoms with van der Waals surface area (Å²) in [6.07, 6.45) is 7.23. The van der Waals surface area contributed by atoms with E-state index in [2.05, 4.69) is 32.9 Å². The number of nitrogens with zero attached hydrogens (tertiary/aromatic N) is 1. The van der Waals surface area contributed by atoms with Gasteiger partial charge in [-0.2, -0.15) is 13.2 Å². The summed E-state index contributed by atoms with van der Waals surface area (Å²) in [5.74, 6) is 0. The molecule has 0 aliphatic heterocycles. The van der Waals surface area contributed by atoms with Crippen molar-refractivity contribution in [3.8, 4) is 0 Å². The molecule has 0 spiro atoms. The number of benzene rings is 1. The molecule has 0 bridgehead atoms. The van der Waals surface area contributed by atoms with Crippen LogP contribution in [0.3, 0.4) is 0 Å². The minimum Gasteiger partial charge on any atom is -0.321 e. The zero-order valence-electron chi connectivity index (χ0n) is 16.6. The quantitative estimate of drug-likeness (QED) is 0.220. The molecule has 0 heterocycles. The molecule has 0 atom stereocenters. The van der Waals surface area contributed by atoms with Gasteiger partial charge in [-0.05, 0) is 56.9 Å². The molecule has 4 heteroatoms. The molecule has 0 fully saturated rings. The van der Waals surface area contributed by atoms with Crippen LogP contribution in [0.25, 0.3) is 0 Å². The predicted molar refractivity (Wildman–Crippen MR) is 104 cm³/mol. The Bertz CT molecular complexity index is 513. The second-order valence-electron chi connectivity index (χ2n) is 7.16. The zero-order valence-corrected chi connectivity index (χ0v) is 16.6. The average Bonchev–Trinajstić information content (AvgIpc) is 2.63. The van der Waals surface area contributed by atoms with E-state index in [-0.39, 0.29) is 0 Å². The van der Waals surface area contributed by atoms with Crippen molar-refractivity contribution >= 4 is 0 Å². The number of likely N-dealkylation sites (N-methyl/N-ethyl adjacent to an activating group) is 1. The normalized spacial score (nSPS) is 12.8. The maximum atomic E-state index is 12.6. The SMILES string of the molecule is CCCCCCC[N+](CC)(CC)CC=CCc1ccc(C(F)(F)F)cc1. The maximum Gasteiger partial charge on any atom is 0.416 e. The Morgan fingerprint density at radius 1 is 0.846 bits per heavy atom. The van der Waals surface area contributed by atoms with Crippen molar-refractivity contribution in [3.05, 3.63) is 47.5 Å². The van der Waals surface area contributed by atoms with Gasteiger partial charge >= 0.3 is 6.18 Å². The van der Waals surface area contributed by atoms with E-state index in [0.717, 1.165) is 41.8 Å². The minimum atomic E-state index is -4.26. The molecule has 0 N–H and O–H groups in total. The molecular weight excluding hydrogens is 335 g/mol. The van der Waals surface area contributed by atoms with Crippen LogP contribution in [-0.4, -0.2) is 30.7 Å². The van der Waals surface area contributed by atoms with Crippen molar-refractivity contribution < 1.29 is 17.7 Å². The van der Waals surface area contributed by atoms with Gasteiger partial charge in [0.1, 0.15) is 0 Å². The van der Waals surface area contributed by atoms with E-state index in [1.54, 1.807) is 12.1 Å². The van der Waals surface area contributed by atoms with Gasteiger partial charge < -0.3 is 4.48 Å². The van der Waals surface area contributed by atoms with Gasteiger partial charge in [0.2, 0.25) is 0 Å². The lowest BCUT2D eigenvalue weighted by atomic mass is 10.1. The van der Waals surface area contributed by atoms with Crippen LogP contribution in [0.15, 0.2) is 36.4 Å². The summed E-state index contributed by atoms with van der Waals surface area (Å²) in [4.78, 5) is 0. The molecule has 148 valence electrons. The molecular formula is C22H35F3N+. The van der Waals surface area contributed by atoms with Crippen molar-refractivity contribution in [2.75, 3.05) is 26.2 Å². The van der Waals surface area contributed by atoms with Crippen LogP contribution in [0.1, 0.15) is 64.0 Å². The molecule has 0 aromatic heterocycles. The first kappa shape index (κ1) is 22.8. The second-order valence-corrected chi connectivity index (χ2v) is 7.16. The molecule has 1 nitrogen and oxygen atoms in total. The zero-order chi connectivity index (χ0) is 19.5. The van der Waals surface area contributed by atoms with Gasteiger partial charge in [-0.25, -0.2) is 0 Å². The molecule has 0 saturated carbocycles. The standard InChI is InChI=1S/C22H35F3N/c1-4-7-8-9-11-18-26(5-2,6-3)19-12-10-13-20-14-16-21(17-15-20)22(23,24)25/h10,12,14-17H,4-9,11,13,18-19H2,1-3H3/q+1. The smallest absolute Gasteiger partial charge is 0.321 e. The Kier molecular flexibility index (Phi) is 10.0. The summed E-state index contributed by atoms with van der Waals surface area (Å²) in [5, 5.41) is 0. The van der Waals surface area contributed by atoms with E-state index in [9.17, 15) is 13.2 Å². The topological polar surface area (TPSA) is 0 Å². The first-order valence-electron chi connectivity index (χ1n) is 10.0. The molecule has 26 heavy (non-hydrogen) atoms. The Morgan fingerprint density at radius 3 is 2.00 bits per heavy atom. The highest BCUT2D eigenvalue weighted by atomic mass is 19.4. The summed E-state index contributed by atoms with van der Waals surface area (Å²) in [5.41, 5.74) is 0.334. The average molecular weight is 371 g/mol. The molecule has 0 aliphatic carbocycles. The van der Waals surface area contributed by atoms with Gasteiger partial charge in [0.15, 0.2) is 0 Å². The number of alkyl halides is 3. The number of hydrogen-bond donors (Lipinski definition) is 0. The molecule has 0 saturated heterocycles. The van der Waals surface area contributed by atoms with Crippen LogP contribution in [0.4, 0.5) is 13.2 Å². The van der Waals surface area contributed by atoms with Crippen LogP contribution >= 0.6 is 0 Å². The lowest BCUT2D eigenvalue weighted by Crippen LogP contribution is -2.48. The lowest BCUT2D eigenvalue weighted by Gasteiger charge is -2.36. The van der Waals surface area contributed by atoms with Crippen molar-refractivity contribution in [1.29, 1.82) is 0 Å². The predicted octanol–water partition coefficient (Wildman–Crippen LogP) is 6.63. The first-order valence-corrected chi connectivity index (χ1v) is 10.0. The van der Waals surface area contributed by atoms with E-state index < -0.39 is 11.7 Å². The minimum absolute atomic E-state index is 0.582. The summed E-state index contributed by atoms with van der Waals surface area (Å²) >= 11 is 0. The van der Waals surface area contributed by atoms with Gasteiger partial charge in [0.05, 0.1) is 31.7 Å². The molecule has 1 aromatic carbocycles. The Balaban J connectivity index is 2.49. The first-order chi connectivity index (χ1) is 12.4. The van der Waals surface area contributed by atoms with Crippen molar-refractivity contribution in [2.45, 2.75) is 65.5 Å². The highest BCUT2D eigenvalue weighted by molar-refractivity contribution is 5.25. The van der Waals surface area contributed by atoms with Crippen LogP contribution < -0.4 is 0 Å². The number of rotatable bonds is 12. The Hall–Kier alpha value is -1.29.